The predicted octanol–water partition coefficient (Wildman–Crippen LogP) is 11.4. The van der Waals surface area contributed by atoms with Crippen molar-refractivity contribution in [1.82, 2.24) is 0 Å². The number of benzene rings is 8. The summed E-state index contributed by atoms with van der Waals surface area (Å²) in [6, 6.07) is 60.7. The first-order chi connectivity index (χ1) is 22.2. The maximum Gasteiger partial charge on any atom is 0.0647 e. The zero-order valence-corrected chi connectivity index (χ0v) is 24.9. The number of hydrogen-bond donors (Lipinski definition) is 1. The summed E-state index contributed by atoms with van der Waals surface area (Å²) < 4.78 is 0. The van der Waals surface area contributed by atoms with E-state index in [1.807, 2.05) is 18.2 Å². The summed E-state index contributed by atoms with van der Waals surface area (Å²) in [5.74, 6) is 0. The number of nitrogen functional groups attached to an aromatic ring is 1. The number of fused-ring (bicyclic) bond motifs is 3. The molecule has 8 aromatic rings. The number of nitrogens with two attached hydrogens (primary N) is 1. The molecule has 0 radical (unpaired) electrons. The second-order valence-corrected chi connectivity index (χ2v) is 11.6. The second-order valence-electron chi connectivity index (χ2n) is 11.6. The van der Waals surface area contributed by atoms with Crippen molar-refractivity contribution in [2.75, 3.05) is 10.6 Å². The second kappa shape index (κ2) is 11.3. The van der Waals surface area contributed by atoms with Gasteiger partial charge in [0.1, 0.15) is 0 Å². The third-order valence-corrected chi connectivity index (χ3v) is 8.85. The Bertz CT molecular complexity index is 2250. The minimum Gasteiger partial charge on any atom is -0.397 e. The Kier molecular flexibility index (Phi) is 6.73. The average Bonchev–Trinajstić information content (AvgIpc) is 3.10. The SMILES string of the molecule is Nc1ccccc1N(Cc1ccccc1)c1ccc(-c2c3ccccc3c(-c3ccc4ccccc4c3)c3ccccc23)cc1. The van der Waals surface area contributed by atoms with Crippen LogP contribution in [0.2, 0.25) is 0 Å². The Morgan fingerprint density at radius 1 is 0.422 bits per heavy atom. The van der Waals surface area contributed by atoms with Crippen LogP contribution in [0.3, 0.4) is 0 Å². The molecule has 0 saturated carbocycles. The van der Waals surface area contributed by atoms with Crippen molar-refractivity contribution < 1.29 is 0 Å². The van der Waals surface area contributed by atoms with Gasteiger partial charge in [0.05, 0.1) is 11.4 Å². The molecule has 0 aliphatic heterocycles. The monoisotopic (exact) mass is 576 g/mol. The lowest BCUT2D eigenvalue weighted by Crippen LogP contribution is -2.17. The molecule has 0 fully saturated rings. The number of hydrogen-bond acceptors (Lipinski definition) is 2. The molecule has 45 heavy (non-hydrogen) atoms. The number of nitrogens with zero attached hydrogens (tertiary/aromatic N) is 1. The molecule has 0 aromatic heterocycles. The van der Waals surface area contributed by atoms with Gasteiger partial charge in [0.25, 0.3) is 0 Å². The maximum absolute atomic E-state index is 6.51. The number of para-hydroxylation sites is 2. The minimum absolute atomic E-state index is 0.723. The Hall–Kier alpha value is -5.86. The first kappa shape index (κ1) is 26.7. The fourth-order valence-corrected chi connectivity index (χ4v) is 6.72. The van der Waals surface area contributed by atoms with E-state index in [4.69, 9.17) is 5.73 Å². The molecular formula is C43H32N2. The van der Waals surface area contributed by atoms with E-state index in [1.54, 1.807) is 0 Å². The van der Waals surface area contributed by atoms with Crippen LogP contribution in [0.25, 0.3) is 54.6 Å². The van der Waals surface area contributed by atoms with Crippen LogP contribution in [-0.4, -0.2) is 0 Å². The highest BCUT2D eigenvalue weighted by Gasteiger charge is 2.18. The van der Waals surface area contributed by atoms with Crippen molar-refractivity contribution in [2.45, 2.75) is 6.54 Å². The third-order valence-electron chi connectivity index (χ3n) is 8.85. The van der Waals surface area contributed by atoms with Crippen LogP contribution in [0.15, 0.2) is 170 Å². The molecule has 8 aromatic carbocycles. The average molecular weight is 577 g/mol. The van der Waals surface area contributed by atoms with Crippen LogP contribution in [0.4, 0.5) is 17.1 Å². The molecule has 2 heteroatoms. The zero-order chi connectivity index (χ0) is 30.2. The quantitative estimate of drug-likeness (QED) is 0.158. The van der Waals surface area contributed by atoms with E-state index in [0.717, 1.165) is 23.6 Å². The van der Waals surface area contributed by atoms with E-state index in [0.29, 0.717) is 0 Å². The van der Waals surface area contributed by atoms with Gasteiger partial charge in [-0.3, -0.25) is 0 Å². The van der Waals surface area contributed by atoms with Gasteiger partial charge in [0.15, 0.2) is 0 Å². The van der Waals surface area contributed by atoms with Crippen LogP contribution in [0.5, 0.6) is 0 Å². The van der Waals surface area contributed by atoms with Crippen LogP contribution in [0.1, 0.15) is 5.56 Å². The molecule has 0 amide bonds. The molecule has 2 N–H and O–H groups in total. The Morgan fingerprint density at radius 2 is 0.933 bits per heavy atom. The lowest BCUT2D eigenvalue weighted by Gasteiger charge is -2.27. The molecule has 0 spiro atoms. The van der Waals surface area contributed by atoms with E-state index in [9.17, 15) is 0 Å². The molecule has 0 saturated heterocycles. The molecule has 214 valence electrons. The molecule has 0 aliphatic rings. The van der Waals surface area contributed by atoms with Crippen molar-refractivity contribution >= 4 is 49.4 Å². The highest BCUT2D eigenvalue weighted by atomic mass is 15.1. The van der Waals surface area contributed by atoms with Gasteiger partial charge >= 0.3 is 0 Å². The van der Waals surface area contributed by atoms with Crippen molar-refractivity contribution in [2.24, 2.45) is 0 Å². The Balaban J connectivity index is 1.29. The number of rotatable bonds is 6. The smallest absolute Gasteiger partial charge is 0.0647 e. The van der Waals surface area contributed by atoms with Crippen molar-refractivity contribution in [3.63, 3.8) is 0 Å². The van der Waals surface area contributed by atoms with Gasteiger partial charge in [-0.1, -0.05) is 140 Å². The summed E-state index contributed by atoms with van der Waals surface area (Å²) in [7, 11) is 0. The Morgan fingerprint density at radius 3 is 1.58 bits per heavy atom. The van der Waals surface area contributed by atoms with E-state index in [2.05, 4.69) is 157 Å². The highest BCUT2D eigenvalue weighted by Crippen LogP contribution is 2.44. The lowest BCUT2D eigenvalue weighted by atomic mass is 9.85. The fraction of sp³-hybridized carbons (Fsp3) is 0.0233. The van der Waals surface area contributed by atoms with Gasteiger partial charge in [0, 0.05) is 12.2 Å². The van der Waals surface area contributed by atoms with Gasteiger partial charge in [0.2, 0.25) is 0 Å². The predicted molar refractivity (Wildman–Crippen MR) is 193 cm³/mol. The van der Waals surface area contributed by atoms with Crippen LogP contribution >= 0.6 is 0 Å². The van der Waals surface area contributed by atoms with Crippen LogP contribution < -0.4 is 10.6 Å². The topological polar surface area (TPSA) is 29.3 Å². The molecule has 2 nitrogen and oxygen atoms in total. The first-order valence-electron chi connectivity index (χ1n) is 15.4. The van der Waals surface area contributed by atoms with Crippen molar-refractivity contribution in [1.29, 1.82) is 0 Å². The molecule has 0 unspecified atom stereocenters. The van der Waals surface area contributed by atoms with Crippen LogP contribution in [0, 0.1) is 0 Å². The largest absolute Gasteiger partial charge is 0.397 e. The van der Waals surface area contributed by atoms with Gasteiger partial charge < -0.3 is 10.6 Å². The Labute approximate surface area is 263 Å². The zero-order valence-electron chi connectivity index (χ0n) is 24.9. The van der Waals surface area contributed by atoms with Gasteiger partial charge in [-0.15, -0.1) is 0 Å². The third kappa shape index (κ3) is 4.87. The molecule has 0 bridgehead atoms. The molecule has 0 aliphatic carbocycles. The maximum atomic E-state index is 6.51. The summed E-state index contributed by atoms with van der Waals surface area (Å²) in [5, 5.41) is 7.52. The summed E-state index contributed by atoms with van der Waals surface area (Å²) in [6.07, 6.45) is 0. The van der Waals surface area contributed by atoms with E-state index in [-0.39, 0.29) is 0 Å². The number of anilines is 3. The first-order valence-corrected chi connectivity index (χ1v) is 15.4. The summed E-state index contributed by atoms with van der Waals surface area (Å²) >= 11 is 0. The highest BCUT2D eigenvalue weighted by molar-refractivity contribution is 6.21. The summed E-state index contributed by atoms with van der Waals surface area (Å²) in [6.45, 7) is 0.723. The lowest BCUT2D eigenvalue weighted by molar-refractivity contribution is 0.977. The van der Waals surface area contributed by atoms with E-state index < -0.39 is 0 Å². The summed E-state index contributed by atoms with van der Waals surface area (Å²) in [5.41, 5.74) is 15.6. The van der Waals surface area contributed by atoms with E-state index >= 15 is 0 Å². The summed E-state index contributed by atoms with van der Waals surface area (Å²) in [4.78, 5) is 2.30. The van der Waals surface area contributed by atoms with Crippen LogP contribution in [-0.2, 0) is 6.54 Å². The van der Waals surface area contributed by atoms with E-state index in [1.165, 1.54) is 60.1 Å². The normalized spacial score (nSPS) is 11.3. The standard InChI is InChI=1S/C43H32N2/c44-40-20-10-11-21-41(40)45(29-30-12-2-1-3-13-30)35-26-24-32(25-27-35)42-36-16-6-8-18-38(36)43(39-19-9-7-17-37(39)42)34-23-22-31-14-4-5-15-33(31)28-34/h1-28H,29,44H2. The van der Waals surface area contributed by atoms with Crippen molar-refractivity contribution in [3.8, 4) is 22.3 Å². The molecule has 8 rings (SSSR count). The van der Waals surface area contributed by atoms with Crippen molar-refractivity contribution in [3.05, 3.63) is 175 Å². The molecular weight excluding hydrogens is 544 g/mol. The molecule has 0 atom stereocenters. The van der Waals surface area contributed by atoms with Gasteiger partial charge in [-0.2, -0.15) is 0 Å². The van der Waals surface area contributed by atoms with Gasteiger partial charge in [-0.25, -0.2) is 0 Å². The van der Waals surface area contributed by atoms with Gasteiger partial charge in [-0.05, 0) is 90.5 Å². The molecule has 0 heterocycles. The fourth-order valence-electron chi connectivity index (χ4n) is 6.72. The minimum atomic E-state index is 0.723.